The van der Waals surface area contributed by atoms with Gasteiger partial charge in [0.15, 0.2) is 0 Å². The number of anilines is 1. The average Bonchev–Trinajstić information content (AvgIpc) is 2.40. The van der Waals surface area contributed by atoms with Crippen molar-refractivity contribution < 1.29 is 13.2 Å². The van der Waals surface area contributed by atoms with Gasteiger partial charge in [0, 0.05) is 25.7 Å². The fraction of sp³-hybridized carbons (Fsp3) is 0.500. The Hall–Kier alpha value is -1.44. The van der Waals surface area contributed by atoms with E-state index < -0.39 is 10.0 Å². The Morgan fingerprint density at radius 1 is 1.19 bits per heavy atom. The van der Waals surface area contributed by atoms with Gasteiger partial charge in [0.1, 0.15) is 0 Å². The first-order chi connectivity index (χ1) is 9.86. The molecule has 0 atom stereocenters. The number of hydrogen-bond acceptors (Lipinski definition) is 4. The average molecular weight is 313 g/mol. The van der Waals surface area contributed by atoms with Crippen LogP contribution in [-0.4, -0.2) is 34.0 Å². The smallest absolute Gasteiger partial charge is 0.240 e. The second-order valence-electron chi connectivity index (χ2n) is 4.81. The fourth-order valence-electron chi connectivity index (χ4n) is 1.82. The van der Waals surface area contributed by atoms with E-state index in [-0.39, 0.29) is 10.8 Å². The summed E-state index contributed by atoms with van der Waals surface area (Å²) in [5, 5.41) is 5.71. The summed E-state index contributed by atoms with van der Waals surface area (Å²) in [4.78, 5) is 11.2. The molecule has 118 valence electrons. The lowest BCUT2D eigenvalue weighted by molar-refractivity contribution is -0.114. The molecule has 21 heavy (non-hydrogen) atoms. The molecule has 0 aliphatic rings. The van der Waals surface area contributed by atoms with Crippen molar-refractivity contribution in [2.75, 3.05) is 25.0 Å². The van der Waals surface area contributed by atoms with Crippen LogP contribution in [0, 0.1) is 6.92 Å². The van der Waals surface area contributed by atoms with E-state index in [1.54, 1.807) is 19.1 Å². The van der Waals surface area contributed by atoms with Crippen LogP contribution >= 0.6 is 0 Å². The zero-order chi connectivity index (χ0) is 15.9. The second kappa shape index (κ2) is 8.11. The van der Waals surface area contributed by atoms with Crippen molar-refractivity contribution in [2.24, 2.45) is 0 Å². The Balaban J connectivity index is 2.79. The number of sulfonamides is 1. The van der Waals surface area contributed by atoms with Crippen molar-refractivity contribution in [1.82, 2.24) is 10.0 Å². The number of aryl methyl sites for hydroxylation is 1. The van der Waals surface area contributed by atoms with Gasteiger partial charge in [-0.15, -0.1) is 0 Å². The quantitative estimate of drug-likeness (QED) is 0.630. The molecule has 0 unspecified atom stereocenters. The first kappa shape index (κ1) is 17.6. The molecule has 0 saturated carbocycles. The molecular weight excluding hydrogens is 290 g/mol. The van der Waals surface area contributed by atoms with E-state index in [1.165, 1.54) is 13.0 Å². The van der Waals surface area contributed by atoms with E-state index in [0.29, 0.717) is 24.3 Å². The van der Waals surface area contributed by atoms with Gasteiger partial charge < -0.3 is 10.6 Å². The highest BCUT2D eigenvalue weighted by molar-refractivity contribution is 7.89. The summed E-state index contributed by atoms with van der Waals surface area (Å²) in [6, 6.07) is 4.83. The number of nitrogens with one attached hydrogen (secondary N) is 3. The number of carbonyl (C=O) groups excluding carboxylic acids is 1. The van der Waals surface area contributed by atoms with Crippen LogP contribution in [0.25, 0.3) is 0 Å². The first-order valence-electron chi connectivity index (χ1n) is 6.95. The molecule has 1 aromatic rings. The maximum absolute atomic E-state index is 12.3. The Kier molecular flexibility index (Phi) is 6.80. The summed E-state index contributed by atoms with van der Waals surface area (Å²) in [6.45, 7) is 6.92. The van der Waals surface area contributed by atoms with Crippen molar-refractivity contribution in [3.63, 3.8) is 0 Å². The zero-order valence-electron chi connectivity index (χ0n) is 12.7. The molecule has 0 fully saturated rings. The summed E-state index contributed by atoms with van der Waals surface area (Å²) in [6.07, 6.45) is 1.00. The van der Waals surface area contributed by atoms with Crippen LogP contribution in [-0.2, 0) is 14.8 Å². The standard InChI is InChI=1S/C14H23N3O3S/c1-4-7-15-8-9-16-21(19,20)14-10-13(17-12(3)18)6-5-11(14)2/h5-6,10,15-16H,4,7-9H2,1-3H3,(H,17,18). The number of benzene rings is 1. The molecule has 0 spiro atoms. The topological polar surface area (TPSA) is 87.3 Å². The van der Waals surface area contributed by atoms with E-state index in [9.17, 15) is 13.2 Å². The maximum atomic E-state index is 12.3. The largest absolute Gasteiger partial charge is 0.326 e. The van der Waals surface area contributed by atoms with E-state index in [2.05, 4.69) is 15.4 Å². The van der Waals surface area contributed by atoms with Gasteiger partial charge in [0.05, 0.1) is 4.90 Å². The highest BCUT2D eigenvalue weighted by Gasteiger charge is 2.17. The van der Waals surface area contributed by atoms with Gasteiger partial charge in [-0.1, -0.05) is 13.0 Å². The number of hydrogen-bond donors (Lipinski definition) is 3. The molecule has 3 N–H and O–H groups in total. The SMILES string of the molecule is CCCNCCNS(=O)(=O)c1cc(NC(C)=O)ccc1C. The van der Waals surface area contributed by atoms with Gasteiger partial charge in [0.25, 0.3) is 0 Å². The van der Waals surface area contributed by atoms with Crippen LogP contribution in [0.5, 0.6) is 0 Å². The summed E-state index contributed by atoms with van der Waals surface area (Å²) >= 11 is 0. The summed E-state index contributed by atoms with van der Waals surface area (Å²) in [5.74, 6) is -0.237. The number of amides is 1. The van der Waals surface area contributed by atoms with Crippen molar-refractivity contribution in [2.45, 2.75) is 32.1 Å². The van der Waals surface area contributed by atoms with Crippen LogP contribution in [0.2, 0.25) is 0 Å². The maximum Gasteiger partial charge on any atom is 0.240 e. The van der Waals surface area contributed by atoms with Gasteiger partial charge in [-0.05, 0) is 37.6 Å². The Bertz CT molecular complexity index is 585. The highest BCUT2D eigenvalue weighted by atomic mass is 32.2. The number of rotatable bonds is 8. The predicted molar refractivity (Wildman–Crippen MR) is 83.8 cm³/mol. The van der Waals surface area contributed by atoms with Gasteiger partial charge in [-0.3, -0.25) is 4.79 Å². The van der Waals surface area contributed by atoms with Crippen molar-refractivity contribution in [3.8, 4) is 0 Å². The lowest BCUT2D eigenvalue weighted by Crippen LogP contribution is -2.32. The Morgan fingerprint density at radius 3 is 2.52 bits per heavy atom. The molecule has 6 nitrogen and oxygen atoms in total. The monoisotopic (exact) mass is 313 g/mol. The van der Waals surface area contributed by atoms with E-state index in [0.717, 1.165) is 13.0 Å². The van der Waals surface area contributed by atoms with Crippen LogP contribution in [0.4, 0.5) is 5.69 Å². The minimum Gasteiger partial charge on any atom is -0.326 e. The summed E-state index contributed by atoms with van der Waals surface area (Å²) < 4.78 is 27.1. The third-order valence-electron chi connectivity index (χ3n) is 2.82. The lowest BCUT2D eigenvalue weighted by Gasteiger charge is -2.11. The zero-order valence-corrected chi connectivity index (χ0v) is 13.5. The minimum absolute atomic E-state index is 0.184. The molecule has 1 aromatic carbocycles. The first-order valence-corrected chi connectivity index (χ1v) is 8.43. The molecule has 0 bridgehead atoms. The molecule has 0 saturated heterocycles. The molecule has 0 aliphatic heterocycles. The van der Waals surface area contributed by atoms with Gasteiger partial charge in [0.2, 0.25) is 15.9 Å². The summed E-state index contributed by atoms with van der Waals surface area (Å²) in [5.41, 5.74) is 1.11. The van der Waals surface area contributed by atoms with E-state index in [1.807, 2.05) is 6.92 Å². The summed E-state index contributed by atoms with van der Waals surface area (Å²) in [7, 11) is -3.58. The van der Waals surface area contributed by atoms with Crippen LogP contribution in [0.1, 0.15) is 25.8 Å². The minimum atomic E-state index is -3.58. The van der Waals surface area contributed by atoms with E-state index in [4.69, 9.17) is 0 Å². The third-order valence-corrected chi connectivity index (χ3v) is 4.42. The fourth-order valence-corrected chi connectivity index (χ4v) is 3.12. The molecule has 1 amide bonds. The normalized spacial score (nSPS) is 11.4. The predicted octanol–water partition coefficient (Wildman–Crippen LogP) is 1.23. The van der Waals surface area contributed by atoms with Gasteiger partial charge in [-0.25, -0.2) is 13.1 Å². The molecule has 0 radical (unpaired) electrons. The Labute approximate surface area is 126 Å². The van der Waals surface area contributed by atoms with Crippen LogP contribution in [0.15, 0.2) is 23.1 Å². The van der Waals surface area contributed by atoms with Gasteiger partial charge in [-0.2, -0.15) is 0 Å². The molecule has 0 aromatic heterocycles. The molecule has 7 heteroatoms. The lowest BCUT2D eigenvalue weighted by atomic mass is 10.2. The molecule has 0 heterocycles. The molecule has 1 rings (SSSR count). The van der Waals surface area contributed by atoms with Crippen molar-refractivity contribution in [1.29, 1.82) is 0 Å². The second-order valence-corrected chi connectivity index (χ2v) is 6.54. The molecule has 0 aliphatic carbocycles. The Morgan fingerprint density at radius 2 is 1.90 bits per heavy atom. The third kappa shape index (κ3) is 5.82. The number of carbonyl (C=O) groups is 1. The molecular formula is C14H23N3O3S. The van der Waals surface area contributed by atoms with Crippen molar-refractivity contribution >= 4 is 21.6 Å². The van der Waals surface area contributed by atoms with Crippen LogP contribution < -0.4 is 15.4 Å². The van der Waals surface area contributed by atoms with Crippen LogP contribution in [0.3, 0.4) is 0 Å². The van der Waals surface area contributed by atoms with E-state index >= 15 is 0 Å². The van der Waals surface area contributed by atoms with Crippen molar-refractivity contribution in [3.05, 3.63) is 23.8 Å². The van der Waals surface area contributed by atoms with Gasteiger partial charge >= 0.3 is 0 Å². The highest BCUT2D eigenvalue weighted by Crippen LogP contribution is 2.19.